The molecule has 0 atom stereocenters. The molecule has 2 heterocycles. The van der Waals surface area contributed by atoms with Gasteiger partial charge in [-0.3, -0.25) is 9.48 Å². The first kappa shape index (κ1) is 4.73. The van der Waals surface area contributed by atoms with E-state index in [1.807, 2.05) is 6.07 Å². The third-order valence-corrected chi connectivity index (χ3v) is 1.51. The van der Waals surface area contributed by atoms with Crippen LogP contribution in [0.25, 0.3) is 0 Å². The molecule has 0 unspecified atom stereocenters. The summed E-state index contributed by atoms with van der Waals surface area (Å²) in [6.45, 7) is 0.475. The van der Waals surface area contributed by atoms with Crippen LogP contribution in [0.15, 0.2) is 12.3 Å². The first-order chi connectivity index (χ1) is 4.36. The van der Waals surface area contributed by atoms with Crippen molar-refractivity contribution in [1.82, 2.24) is 9.78 Å². The van der Waals surface area contributed by atoms with E-state index < -0.39 is 0 Å². The highest BCUT2D eigenvalue weighted by atomic mass is 16.1. The first-order valence-electron chi connectivity index (χ1n) is 2.88. The molecular formula is C6H6N2O. The molecule has 0 aromatic carbocycles. The van der Waals surface area contributed by atoms with Gasteiger partial charge in [-0.2, -0.15) is 5.10 Å². The summed E-state index contributed by atoms with van der Waals surface area (Å²) < 4.78 is 1.74. The van der Waals surface area contributed by atoms with Crippen LogP contribution >= 0.6 is 0 Å². The molecule has 0 saturated carbocycles. The van der Waals surface area contributed by atoms with E-state index in [9.17, 15) is 4.79 Å². The van der Waals surface area contributed by atoms with Crippen molar-refractivity contribution in [3.05, 3.63) is 18.0 Å². The van der Waals surface area contributed by atoms with Gasteiger partial charge in [0, 0.05) is 11.9 Å². The van der Waals surface area contributed by atoms with Crippen LogP contribution in [0.3, 0.4) is 0 Å². The summed E-state index contributed by atoms with van der Waals surface area (Å²) in [6, 6.07) is 1.88. The van der Waals surface area contributed by atoms with Crippen LogP contribution < -0.4 is 0 Å². The quantitative estimate of drug-likeness (QED) is 0.485. The lowest BCUT2D eigenvalue weighted by atomic mass is 10.3. The van der Waals surface area contributed by atoms with Crippen molar-refractivity contribution < 1.29 is 4.79 Å². The van der Waals surface area contributed by atoms with Gasteiger partial charge < -0.3 is 0 Å². The van der Waals surface area contributed by atoms with Crippen molar-refractivity contribution in [2.75, 3.05) is 0 Å². The predicted octanol–water partition coefficient (Wildman–Crippen LogP) is 0.00830. The number of ketones is 1. The largest absolute Gasteiger partial charge is 0.297 e. The number of fused-ring (bicyclic) bond motifs is 1. The van der Waals surface area contributed by atoms with Gasteiger partial charge in [-0.1, -0.05) is 0 Å². The van der Waals surface area contributed by atoms with Gasteiger partial charge >= 0.3 is 0 Å². The standard InChI is InChI=1S/C6H6N2O/c9-6-3-5-1-2-7-8(5)4-6/h1-2H,3-4H2. The molecule has 1 aliphatic rings. The number of hydrogen-bond donors (Lipinski definition) is 0. The third kappa shape index (κ3) is 0.575. The van der Waals surface area contributed by atoms with Gasteiger partial charge in [-0.25, -0.2) is 0 Å². The fourth-order valence-corrected chi connectivity index (χ4v) is 1.08. The average Bonchev–Trinajstić information content (AvgIpc) is 2.22. The summed E-state index contributed by atoms with van der Waals surface area (Å²) >= 11 is 0. The van der Waals surface area contributed by atoms with Crippen molar-refractivity contribution in [2.24, 2.45) is 0 Å². The Morgan fingerprint density at radius 1 is 1.67 bits per heavy atom. The summed E-state index contributed by atoms with van der Waals surface area (Å²) in [5, 5.41) is 3.94. The molecule has 2 rings (SSSR count). The Labute approximate surface area is 52.3 Å². The topological polar surface area (TPSA) is 34.9 Å². The minimum absolute atomic E-state index is 0.262. The molecule has 0 aliphatic carbocycles. The van der Waals surface area contributed by atoms with E-state index in [1.54, 1.807) is 10.9 Å². The summed E-state index contributed by atoms with van der Waals surface area (Å²) in [6.07, 6.45) is 2.29. The van der Waals surface area contributed by atoms with Crippen LogP contribution in [0.1, 0.15) is 5.69 Å². The molecule has 1 aliphatic heterocycles. The molecule has 46 valence electrons. The lowest BCUT2D eigenvalue weighted by Crippen LogP contribution is -1.99. The molecule has 0 amide bonds. The van der Waals surface area contributed by atoms with Gasteiger partial charge in [-0.15, -0.1) is 0 Å². The first-order valence-corrected chi connectivity index (χ1v) is 2.88. The minimum Gasteiger partial charge on any atom is -0.297 e. The summed E-state index contributed by atoms with van der Waals surface area (Å²) in [5.74, 6) is 0.262. The number of hydrogen-bond acceptors (Lipinski definition) is 2. The van der Waals surface area contributed by atoms with Crippen LogP contribution in [0.5, 0.6) is 0 Å². The van der Waals surface area contributed by atoms with Crippen molar-refractivity contribution in [3.8, 4) is 0 Å². The molecule has 1 aromatic rings. The average molecular weight is 122 g/mol. The van der Waals surface area contributed by atoms with Gasteiger partial charge in [0.25, 0.3) is 0 Å². The van der Waals surface area contributed by atoms with E-state index in [0.29, 0.717) is 13.0 Å². The number of carbonyl (C=O) groups excluding carboxylic acids is 1. The molecule has 0 N–H and O–H groups in total. The van der Waals surface area contributed by atoms with E-state index in [4.69, 9.17) is 0 Å². The van der Waals surface area contributed by atoms with Crippen molar-refractivity contribution in [2.45, 2.75) is 13.0 Å². The van der Waals surface area contributed by atoms with Crippen LogP contribution in [0, 0.1) is 0 Å². The molecule has 9 heavy (non-hydrogen) atoms. The van der Waals surface area contributed by atoms with Crippen LogP contribution in [0.2, 0.25) is 0 Å². The SMILES string of the molecule is O=C1Cc2ccnn2C1. The van der Waals surface area contributed by atoms with Crippen molar-refractivity contribution >= 4 is 5.78 Å². The number of carbonyl (C=O) groups is 1. The van der Waals surface area contributed by atoms with Crippen molar-refractivity contribution in [1.29, 1.82) is 0 Å². The van der Waals surface area contributed by atoms with E-state index in [0.717, 1.165) is 5.69 Å². The third-order valence-electron chi connectivity index (χ3n) is 1.51. The summed E-state index contributed by atoms with van der Waals surface area (Å²) in [5.41, 5.74) is 1.04. The van der Waals surface area contributed by atoms with Crippen molar-refractivity contribution in [3.63, 3.8) is 0 Å². The van der Waals surface area contributed by atoms with Crippen LogP contribution in [0.4, 0.5) is 0 Å². The van der Waals surface area contributed by atoms with E-state index in [1.165, 1.54) is 0 Å². The summed E-state index contributed by atoms with van der Waals surface area (Å²) in [4.78, 5) is 10.7. The zero-order chi connectivity index (χ0) is 6.27. The maximum absolute atomic E-state index is 10.7. The second-order valence-electron chi connectivity index (χ2n) is 2.20. The molecular weight excluding hydrogens is 116 g/mol. The smallest absolute Gasteiger partial charge is 0.160 e. The Balaban J connectivity index is 2.49. The van der Waals surface area contributed by atoms with Crippen LogP contribution in [-0.4, -0.2) is 15.6 Å². The molecule has 0 spiro atoms. The predicted molar refractivity (Wildman–Crippen MR) is 30.9 cm³/mol. The van der Waals surface area contributed by atoms with Gasteiger partial charge in [0.1, 0.15) is 6.54 Å². The second kappa shape index (κ2) is 1.43. The number of nitrogens with zero attached hydrogens (tertiary/aromatic N) is 2. The van der Waals surface area contributed by atoms with Gasteiger partial charge in [0.15, 0.2) is 5.78 Å². The maximum Gasteiger partial charge on any atom is 0.160 e. The molecule has 0 saturated heterocycles. The molecule has 3 nitrogen and oxygen atoms in total. The van der Waals surface area contributed by atoms with E-state index in [2.05, 4.69) is 5.10 Å². The normalized spacial score (nSPS) is 16.2. The monoisotopic (exact) mass is 122 g/mol. The Morgan fingerprint density at radius 2 is 2.56 bits per heavy atom. The van der Waals surface area contributed by atoms with Gasteiger partial charge in [-0.05, 0) is 6.07 Å². The minimum atomic E-state index is 0.262. The highest BCUT2D eigenvalue weighted by molar-refractivity contribution is 5.82. The number of Topliss-reactive ketones (excluding diaryl/α,β-unsaturated/α-hetero) is 1. The molecule has 1 aromatic heterocycles. The zero-order valence-electron chi connectivity index (χ0n) is 4.87. The number of aromatic nitrogens is 2. The molecule has 3 heteroatoms. The van der Waals surface area contributed by atoms with E-state index >= 15 is 0 Å². The molecule has 0 bridgehead atoms. The van der Waals surface area contributed by atoms with E-state index in [-0.39, 0.29) is 5.78 Å². The Hall–Kier alpha value is -1.12. The number of rotatable bonds is 0. The zero-order valence-corrected chi connectivity index (χ0v) is 4.87. The lowest BCUT2D eigenvalue weighted by molar-refractivity contribution is -0.117. The van der Waals surface area contributed by atoms with Gasteiger partial charge in [0.2, 0.25) is 0 Å². The Morgan fingerprint density at radius 3 is 3.33 bits per heavy atom. The fourth-order valence-electron chi connectivity index (χ4n) is 1.08. The summed E-state index contributed by atoms with van der Waals surface area (Å²) in [7, 11) is 0. The highest BCUT2D eigenvalue weighted by Gasteiger charge is 2.16. The fraction of sp³-hybridized carbons (Fsp3) is 0.333. The maximum atomic E-state index is 10.7. The molecule has 0 fully saturated rings. The highest BCUT2D eigenvalue weighted by Crippen LogP contribution is 2.08. The second-order valence-corrected chi connectivity index (χ2v) is 2.20. The van der Waals surface area contributed by atoms with Crippen LogP contribution in [-0.2, 0) is 17.8 Å². The Bertz CT molecular complexity index is 229. The lowest BCUT2D eigenvalue weighted by Gasteiger charge is -1.86. The van der Waals surface area contributed by atoms with Gasteiger partial charge in [0.05, 0.1) is 6.42 Å². The molecule has 0 radical (unpaired) electrons. The Kier molecular flexibility index (Phi) is 0.754.